The van der Waals surface area contributed by atoms with Gasteiger partial charge in [-0.1, -0.05) is 19.6 Å². The molecule has 2 unspecified atom stereocenters. The zero-order valence-corrected chi connectivity index (χ0v) is 16.7. The number of ether oxygens (including phenoxy) is 1. The Morgan fingerprint density at radius 2 is 1.96 bits per heavy atom. The molecule has 0 radical (unpaired) electrons. The highest BCUT2D eigenvalue weighted by molar-refractivity contribution is 6.76. The third-order valence-electron chi connectivity index (χ3n) is 3.82. The zero-order valence-electron chi connectivity index (χ0n) is 15.7. The molecule has 7 nitrogen and oxygen atoms in total. The van der Waals surface area contributed by atoms with Crippen molar-refractivity contribution in [3.8, 4) is 0 Å². The highest BCUT2D eigenvalue weighted by Gasteiger charge is 2.40. The Hall–Kier alpha value is -1.12. The van der Waals surface area contributed by atoms with E-state index < -0.39 is 19.8 Å². The van der Waals surface area contributed by atoms with Gasteiger partial charge in [0.25, 0.3) is 0 Å². The third kappa shape index (κ3) is 6.78. The van der Waals surface area contributed by atoms with Crippen molar-refractivity contribution in [2.24, 2.45) is 5.92 Å². The van der Waals surface area contributed by atoms with Gasteiger partial charge >= 0.3 is 6.09 Å². The molecule has 0 spiro atoms. The molecule has 8 heteroatoms. The number of nitrogens with zero attached hydrogens (tertiary/aromatic N) is 2. The predicted octanol–water partition coefficient (Wildman–Crippen LogP) is 1.94. The largest absolute Gasteiger partial charge is 0.444 e. The SMILES string of the molecule is CC(C)(C)OC(=O)N1CC(CO)C(N(C=O)OCC[Si](C)(C)C)C1. The second-order valence-electron chi connectivity index (χ2n) is 8.50. The zero-order chi connectivity index (χ0) is 18.5. The van der Waals surface area contributed by atoms with E-state index in [0.29, 0.717) is 26.1 Å². The van der Waals surface area contributed by atoms with Crippen LogP contribution in [0.4, 0.5) is 4.79 Å². The molecule has 2 amide bonds. The molecular formula is C16H32N2O5Si. The number of carbonyl (C=O) groups excluding carboxylic acids is 2. The van der Waals surface area contributed by atoms with Gasteiger partial charge in [-0.15, -0.1) is 0 Å². The fraction of sp³-hybridized carbons (Fsp3) is 0.875. The first kappa shape index (κ1) is 20.9. The van der Waals surface area contributed by atoms with Crippen molar-refractivity contribution in [3.05, 3.63) is 0 Å². The first-order valence-corrected chi connectivity index (χ1v) is 12.1. The Morgan fingerprint density at radius 1 is 1.33 bits per heavy atom. The van der Waals surface area contributed by atoms with E-state index in [1.165, 1.54) is 9.96 Å². The van der Waals surface area contributed by atoms with Crippen molar-refractivity contribution < 1.29 is 24.3 Å². The molecule has 0 bridgehead atoms. The van der Waals surface area contributed by atoms with E-state index in [1.807, 2.05) is 0 Å². The van der Waals surface area contributed by atoms with Gasteiger partial charge in [-0.3, -0.25) is 9.63 Å². The number of aliphatic hydroxyl groups excluding tert-OH is 1. The number of amides is 2. The molecule has 1 aliphatic rings. The number of aliphatic hydroxyl groups is 1. The van der Waals surface area contributed by atoms with Crippen LogP contribution in [0.1, 0.15) is 20.8 Å². The van der Waals surface area contributed by atoms with Gasteiger partial charge in [0.05, 0.1) is 12.6 Å². The molecule has 24 heavy (non-hydrogen) atoms. The number of carbonyl (C=O) groups is 2. The minimum atomic E-state index is -1.26. The lowest BCUT2D eigenvalue weighted by molar-refractivity contribution is -0.188. The first-order chi connectivity index (χ1) is 11.0. The van der Waals surface area contributed by atoms with Crippen molar-refractivity contribution in [2.75, 3.05) is 26.3 Å². The molecule has 0 aromatic carbocycles. The van der Waals surface area contributed by atoms with Crippen molar-refractivity contribution >= 4 is 20.6 Å². The van der Waals surface area contributed by atoms with Crippen LogP contribution in [0.5, 0.6) is 0 Å². The topological polar surface area (TPSA) is 79.3 Å². The third-order valence-corrected chi connectivity index (χ3v) is 5.52. The Kier molecular flexibility index (Phi) is 7.24. The molecule has 1 fully saturated rings. The predicted molar refractivity (Wildman–Crippen MR) is 94.2 cm³/mol. The average Bonchev–Trinajstić information content (AvgIpc) is 2.84. The van der Waals surface area contributed by atoms with E-state index >= 15 is 0 Å². The first-order valence-electron chi connectivity index (χ1n) is 8.42. The molecule has 0 aliphatic carbocycles. The summed E-state index contributed by atoms with van der Waals surface area (Å²) >= 11 is 0. The number of rotatable bonds is 7. The van der Waals surface area contributed by atoms with Gasteiger partial charge < -0.3 is 14.7 Å². The number of hydrogen-bond acceptors (Lipinski definition) is 5. The summed E-state index contributed by atoms with van der Waals surface area (Å²) in [5.74, 6) is -0.241. The van der Waals surface area contributed by atoms with E-state index in [2.05, 4.69) is 19.6 Å². The fourth-order valence-corrected chi connectivity index (χ4v) is 3.16. The van der Waals surface area contributed by atoms with Crippen LogP contribution in [0.2, 0.25) is 25.7 Å². The average molecular weight is 361 g/mol. The molecule has 1 rings (SSSR count). The van der Waals surface area contributed by atoms with Crippen LogP contribution >= 0.6 is 0 Å². The fourth-order valence-electron chi connectivity index (χ4n) is 2.46. The second kappa shape index (κ2) is 8.31. The lowest BCUT2D eigenvalue weighted by Gasteiger charge is -2.28. The monoisotopic (exact) mass is 360 g/mol. The van der Waals surface area contributed by atoms with Crippen LogP contribution in [0, 0.1) is 5.92 Å². The molecule has 0 aromatic heterocycles. The van der Waals surface area contributed by atoms with Gasteiger partial charge in [-0.05, 0) is 26.8 Å². The highest BCUT2D eigenvalue weighted by atomic mass is 28.3. The minimum Gasteiger partial charge on any atom is -0.444 e. The Labute approximate surface area is 145 Å². The van der Waals surface area contributed by atoms with E-state index in [4.69, 9.17) is 9.57 Å². The van der Waals surface area contributed by atoms with Crippen LogP contribution in [0.15, 0.2) is 0 Å². The summed E-state index contributed by atoms with van der Waals surface area (Å²) in [6.45, 7) is 13.1. The van der Waals surface area contributed by atoms with Crippen LogP contribution in [0.3, 0.4) is 0 Å². The molecule has 1 N–H and O–H groups in total. The van der Waals surface area contributed by atoms with Crippen molar-refractivity contribution in [3.63, 3.8) is 0 Å². The Bertz CT molecular complexity index is 433. The molecule has 1 heterocycles. The smallest absolute Gasteiger partial charge is 0.410 e. The van der Waals surface area contributed by atoms with Gasteiger partial charge in [0.2, 0.25) is 6.41 Å². The van der Waals surface area contributed by atoms with Crippen LogP contribution in [-0.2, 0) is 14.4 Å². The molecule has 2 atom stereocenters. The summed E-state index contributed by atoms with van der Waals surface area (Å²) in [4.78, 5) is 30.8. The molecule has 140 valence electrons. The van der Waals surface area contributed by atoms with E-state index in [9.17, 15) is 14.7 Å². The molecule has 1 aliphatic heterocycles. The van der Waals surface area contributed by atoms with Gasteiger partial charge in [-0.2, -0.15) is 0 Å². The number of likely N-dealkylation sites (tertiary alicyclic amines) is 1. The summed E-state index contributed by atoms with van der Waals surface area (Å²) in [5, 5.41) is 10.9. The van der Waals surface area contributed by atoms with Gasteiger partial charge in [0.1, 0.15) is 5.60 Å². The maximum absolute atomic E-state index is 12.2. The summed E-state index contributed by atoms with van der Waals surface area (Å²) in [6.07, 6.45) is 0.201. The quantitative estimate of drug-likeness (QED) is 0.426. The van der Waals surface area contributed by atoms with Crippen LogP contribution < -0.4 is 0 Å². The van der Waals surface area contributed by atoms with Gasteiger partial charge in [0, 0.05) is 33.7 Å². The maximum atomic E-state index is 12.2. The van der Waals surface area contributed by atoms with E-state index in [0.717, 1.165) is 6.04 Å². The maximum Gasteiger partial charge on any atom is 0.410 e. The summed E-state index contributed by atoms with van der Waals surface area (Å²) in [6, 6.07) is 0.575. The van der Waals surface area contributed by atoms with Crippen molar-refractivity contribution in [1.82, 2.24) is 9.96 Å². The van der Waals surface area contributed by atoms with Crippen molar-refractivity contribution in [1.29, 1.82) is 0 Å². The number of hydroxylamine groups is 2. The van der Waals surface area contributed by atoms with Crippen LogP contribution in [-0.4, -0.2) is 73.6 Å². The normalized spacial score (nSPS) is 21.7. The summed E-state index contributed by atoms with van der Waals surface area (Å²) in [5.41, 5.74) is -0.581. The van der Waals surface area contributed by atoms with Gasteiger partial charge in [-0.25, -0.2) is 9.86 Å². The minimum absolute atomic E-state index is 0.119. The highest BCUT2D eigenvalue weighted by Crippen LogP contribution is 2.24. The standard InChI is InChI=1S/C16H32N2O5Si/c1-16(2,3)23-15(21)17-9-13(11-19)14(10-17)18(12-20)22-7-8-24(4,5)6/h12-14,19H,7-11H2,1-6H3. The van der Waals surface area contributed by atoms with Crippen molar-refractivity contribution in [2.45, 2.75) is 58.1 Å². The van der Waals surface area contributed by atoms with E-state index in [1.54, 1.807) is 20.8 Å². The van der Waals surface area contributed by atoms with Gasteiger partial charge in [0.15, 0.2) is 0 Å². The lowest BCUT2D eigenvalue weighted by atomic mass is 10.1. The summed E-state index contributed by atoms with van der Waals surface area (Å²) in [7, 11) is -1.26. The second-order valence-corrected chi connectivity index (χ2v) is 14.1. The number of hydrogen-bond donors (Lipinski definition) is 1. The molecule has 0 aromatic rings. The molecule has 0 saturated carbocycles. The Morgan fingerprint density at radius 3 is 2.42 bits per heavy atom. The Balaban J connectivity index is 2.67. The van der Waals surface area contributed by atoms with Crippen LogP contribution in [0.25, 0.3) is 0 Å². The summed E-state index contributed by atoms with van der Waals surface area (Å²) < 4.78 is 5.37. The molecule has 1 saturated heterocycles. The molecular weight excluding hydrogens is 328 g/mol. The lowest BCUT2D eigenvalue weighted by Crippen LogP contribution is -2.42. The van der Waals surface area contributed by atoms with E-state index in [-0.39, 0.29) is 18.6 Å².